The first-order valence-electron chi connectivity index (χ1n) is 8.53. The third-order valence-electron chi connectivity index (χ3n) is 5.53. The van der Waals surface area contributed by atoms with Gasteiger partial charge in [-0.2, -0.15) is 0 Å². The number of carbonyl (C=O) groups excluding carboxylic acids is 2. The van der Waals surface area contributed by atoms with Crippen LogP contribution < -0.4 is 0 Å². The Balaban J connectivity index is 2.41. The van der Waals surface area contributed by atoms with Gasteiger partial charge < -0.3 is 9.53 Å². The van der Waals surface area contributed by atoms with E-state index in [1.54, 1.807) is 0 Å². The van der Waals surface area contributed by atoms with E-state index in [2.05, 4.69) is 20.8 Å². The lowest BCUT2D eigenvalue weighted by Crippen LogP contribution is -2.34. The molecule has 0 spiro atoms. The van der Waals surface area contributed by atoms with Gasteiger partial charge in [0.15, 0.2) is 0 Å². The van der Waals surface area contributed by atoms with Gasteiger partial charge in [0.1, 0.15) is 6.29 Å². The first-order valence-corrected chi connectivity index (χ1v) is 8.53. The number of hydrogen-bond acceptors (Lipinski definition) is 3. The van der Waals surface area contributed by atoms with Gasteiger partial charge in [-0.15, -0.1) is 0 Å². The molecule has 21 heavy (non-hydrogen) atoms. The van der Waals surface area contributed by atoms with E-state index in [0.29, 0.717) is 30.3 Å². The molecular formula is C18H32O3. The van der Waals surface area contributed by atoms with E-state index in [0.717, 1.165) is 38.4 Å². The average molecular weight is 296 g/mol. The summed E-state index contributed by atoms with van der Waals surface area (Å²) < 4.78 is 5.14. The van der Waals surface area contributed by atoms with Crippen molar-refractivity contribution in [3.63, 3.8) is 0 Å². The van der Waals surface area contributed by atoms with Gasteiger partial charge in [-0.05, 0) is 56.3 Å². The van der Waals surface area contributed by atoms with Crippen LogP contribution in [0.5, 0.6) is 0 Å². The predicted octanol–water partition coefficient (Wildman–Crippen LogP) is 4.39. The van der Waals surface area contributed by atoms with Crippen LogP contribution in [0.1, 0.15) is 72.6 Å². The molecule has 0 aromatic rings. The van der Waals surface area contributed by atoms with Gasteiger partial charge in [-0.1, -0.05) is 27.2 Å². The summed E-state index contributed by atoms with van der Waals surface area (Å²) in [4.78, 5) is 22.3. The molecule has 0 aromatic carbocycles. The average Bonchev–Trinajstić information content (AvgIpc) is 2.46. The molecule has 0 amide bonds. The Labute approximate surface area is 129 Å². The third kappa shape index (κ3) is 5.44. The highest BCUT2D eigenvalue weighted by molar-refractivity contribution is 5.72. The Kier molecular flexibility index (Phi) is 7.41. The highest BCUT2D eigenvalue weighted by atomic mass is 16.5. The molecule has 3 nitrogen and oxygen atoms in total. The van der Waals surface area contributed by atoms with Gasteiger partial charge in [-0.3, -0.25) is 4.79 Å². The Morgan fingerprint density at radius 3 is 2.43 bits per heavy atom. The molecule has 0 saturated heterocycles. The fourth-order valence-electron chi connectivity index (χ4n) is 3.43. The monoisotopic (exact) mass is 296 g/mol. The standard InChI is InChI=1S/C18H32O3/c1-5-21-17(20)16-8-11-18(4,12-9-16)15(3)7-6-14(2)10-13-19/h13-16H,5-12H2,1-4H3. The predicted molar refractivity (Wildman–Crippen MR) is 84.9 cm³/mol. The lowest BCUT2D eigenvalue weighted by atomic mass is 9.64. The van der Waals surface area contributed by atoms with Crippen molar-refractivity contribution in [3.8, 4) is 0 Å². The molecule has 0 radical (unpaired) electrons. The zero-order valence-corrected chi connectivity index (χ0v) is 14.2. The molecule has 0 aliphatic heterocycles. The van der Waals surface area contributed by atoms with Crippen LogP contribution in [0.15, 0.2) is 0 Å². The zero-order valence-electron chi connectivity index (χ0n) is 14.2. The first-order chi connectivity index (χ1) is 9.92. The largest absolute Gasteiger partial charge is 0.466 e. The highest BCUT2D eigenvalue weighted by Crippen LogP contribution is 2.46. The van der Waals surface area contributed by atoms with Gasteiger partial charge in [0.2, 0.25) is 0 Å². The molecule has 2 atom stereocenters. The van der Waals surface area contributed by atoms with Crippen molar-refractivity contribution in [2.45, 2.75) is 72.6 Å². The zero-order chi connectivity index (χ0) is 15.9. The molecule has 1 rings (SSSR count). The second kappa shape index (κ2) is 8.55. The molecule has 3 heteroatoms. The highest BCUT2D eigenvalue weighted by Gasteiger charge is 2.37. The van der Waals surface area contributed by atoms with Crippen LogP contribution in [0.4, 0.5) is 0 Å². The molecule has 0 bridgehead atoms. The number of rotatable bonds is 8. The lowest BCUT2D eigenvalue weighted by Gasteiger charge is -2.41. The molecule has 0 aromatic heterocycles. The lowest BCUT2D eigenvalue weighted by molar-refractivity contribution is -0.150. The van der Waals surface area contributed by atoms with Crippen molar-refractivity contribution in [1.82, 2.24) is 0 Å². The Bertz CT molecular complexity index is 329. The van der Waals surface area contributed by atoms with E-state index in [1.165, 1.54) is 6.42 Å². The van der Waals surface area contributed by atoms with Gasteiger partial charge in [0.05, 0.1) is 12.5 Å². The summed E-state index contributed by atoms with van der Waals surface area (Å²) in [5.41, 5.74) is 0.337. The number of carbonyl (C=O) groups is 2. The van der Waals surface area contributed by atoms with Crippen LogP contribution in [-0.4, -0.2) is 18.9 Å². The smallest absolute Gasteiger partial charge is 0.308 e. The van der Waals surface area contributed by atoms with Crippen LogP contribution in [-0.2, 0) is 14.3 Å². The molecular weight excluding hydrogens is 264 g/mol. The van der Waals surface area contributed by atoms with Gasteiger partial charge >= 0.3 is 5.97 Å². The Morgan fingerprint density at radius 1 is 1.29 bits per heavy atom. The summed E-state index contributed by atoms with van der Waals surface area (Å²) in [5.74, 6) is 1.24. The van der Waals surface area contributed by atoms with Crippen LogP contribution >= 0.6 is 0 Å². The minimum absolute atomic E-state index is 0.00758. The number of ether oxygens (including phenoxy) is 1. The SMILES string of the molecule is CCOC(=O)C1CCC(C)(C(C)CCC(C)CC=O)CC1. The summed E-state index contributed by atoms with van der Waals surface area (Å²) in [6, 6.07) is 0. The molecule has 1 aliphatic rings. The van der Waals surface area contributed by atoms with E-state index in [-0.39, 0.29) is 11.9 Å². The van der Waals surface area contributed by atoms with Crippen LogP contribution in [0.25, 0.3) is 0 Å². The van der Waals surface area contributed by atoms with Gasteiger partial charge in [0.25, 0.3) is 0 Å². The van der Waals surface area contributed by atoms with E-state index >= 15 is 0 Å². The van der Waals surface area contributed by atoms with Gasteiger partial charge in [0, 0.05) is 6.42 Å². The second-order valence-corrected chi connectivity index (χ2v) is 7.17. The maximum absolute atomic E-state index is 11.8. The molecule has 1 fully saturated rings. The summed E-state index contributed by atoms with van der Waals surface area (Å²) in [7, 11) is 0. The molecule has 0 heterocycles. The number of esters is 1. The molecule has 1 aliphatic carbocycles. The number of aldehydes is 1. The number of hydrogen-bond donors (Lipinski definition) is 0. The maximum atomic E-state index is 11.8. The van der Waals surface area contributed by atoms with Crippen molar-refractivity contribution >= 4 is 12.3 Å². The van der Waals surface area contributed by atoms with E-state index < -0.39 is 0 Å². The molecule has 2 unspecified atom stereocenters. The van der Waals surface area contributed by atoms with Crippen molar-refractivity contribution in [1.29, 1.82) is 0 Å². The minimum atomic E-state index is -0.00758. The Morgan fingerprint density at radius 2 is 1.90 bits per heavy atom. The Hall–Kier alpha value is -0.860. The van der Waals surface area contributed by atoms with Crippen molar-refractivity contribution < 1.29 is 14.3 Å². The van der Waals surface area contributed by atoms with Crippen molar-refractivity contribution in [2.75, 3.05) is 6.61 Å². The van der Waals surface area contributed by atoms with Crippen molar-refractivity contribution in [2.24, 2.45) is 23.2 Å². The second-order valence-electron chi connectivity index (χ2n) is 7.17. The van der Waals surface area contributed by atoms with Gasteiger partial charge in [-0.25, -0.2) is 0 Å². The molecule has 0 N–H and O–H groups in total. The first kappa shape index (κ1) is 18.2. The van der Waals surface area contributed by atoms with Crippen molar-refractivity contribution in [3.05, 3.63) is 0 Å². The fourth-order valence-corrected chi connectivity index (χ4v) is 3.43. The normalized spacial score (nSPS) is 28.7. The van der Waals surface area contributed by atoms with E-state index in [1.807, 2.05) is 6.92 Å². The van der Waals surface area contributed by atoms with E-state index in [9.17, 15) is 9.59 Å². The van der Waals surface area contributed by atoms with E-state index in [4.69, 9.17) is 4.74 Å². The summed E-state index contributed by atoms with van der Waals surface area (Å²) in [5, 5.41) is 0. The molecule has 1 saturated carbocycles. The maximum Gasteiger partial charge on any atom is 0.308 e. The third-order valence-corrected chi connectivity index (χ3v) is 5.53. The summed E-state index contributed by atoms with van der Waals surface area (Å²) in [6.07, 6.45) is 8.15. The summed E-state index contributed by atoms with van der Waals surface area (Å²) >= 11 is 0. The van der Waals surface area contributed by atoms with Crippen LogP contribution in [0, 0.1) is 23.2 Å². The molecule has 122 valence electrons. The topological polar surface area (TPSA) is 43.4 Å². The van der Waals surface area contributed by atoms with Crippen LogP contribution in [0.2, 0.25) is 0 Å². The van der Waals surface area contributed by atoms with Crippen LogP contribution in [0.3, 0.4) is 0 Å². The minimum Gasteiger partial charge on any atom is -0.466 e. The quantitative estimate of drug-likeness (QED) is 0.493. The summed E-state index contributed by atoms with van der Waals surface area (Å²) in [6.45, 7) is 9.20. The fraction of sp³-hybridized carbons (Fsp3) is 0.889.